The van der Waals surface area contributed by atoms with Crippen LogP contribution in [-0.4, -0.2) is 47.3 Å². The quantitative estimate of drug-likeness (QED) is 0.122. The van der Waals surface area contributed by atoms with E-state index < -0.39 is 30.2 Å². The van der Waals surface area contributed by atoms with E-state index in [2.05, 4.69) is 25.3 Å². The molecule has 2 heterocycles. The van der Waals surface area contributed by atoms with Gasteiger partial charge in [0.15, 0.2) is 30.6 Å². The normalized spacial score (nSPS) is 11.1. The Bertz CT molecular complexity index is 1790. The summed E-state index contributed by atoms with van der Waals surface area (Å²) in [6, 6.07) is 13.1. The average molecular weight is 753 g/mol. The Labute approximate surface area is 305 Å². The molecule has 0 aliphatic rings. The first-order chi connectivity index (χ1) is 20.0. The molecule has 0 radical (unpaired) electrons. The maximum Gasteiger partial charge on any atom is 1.00 e. The Kier molecular flexibility index (Phi) is 16.6. The Morgan fingerprint density at radius 3 is 1.66 bits per heavy atom. The van der Waals surface area contributed by atoms with Gasteiger partial charge in [-0.1, -0.05) is 59.1 Å². The van der Waals surface area contributed by atoms with Crippen LogP contribution in [0, 0.1) is 0 Å². The van der Waals surface area contributed by atoms with Crippen molar-refractivity contribution in [1.82, 2.24) is 19.9 Å². The van der Waals surface area contributed by atoms with Crippen LogP contribution in [0.3, 0.4) is 0 Å². The minimum Gasteiger partial charge on any atom is -1.00 e. The molecule has 0 saturated heterocycles. The van der Waals surface area contributed by atoms with Gasteiger partial charge in [-0.05, 0) is 75.2 Å². The number of rotatable bonds is 6. The van der Waals surface area contributed by atoms with E-state index in [1.54, 1.807) is 64.1 Å². The molecule has 0 fully saturated rings. The zero-order chi connectivity index (χ0) is 32.5. The van der Waals surface area contributed by atoms with Crippen LogP contribution in [0.2, 0.25) is 25.8 Å². The predicted octanol–water partition coefficient (Wildman–Crippen LogP) is 4.71. The van der Waals surface area contributed by atoms with Gasteiger partial charge in [-0.25, -0.2) is 31.8 Å². The maximum atomic E-state index is 12.4. The van der Waals surface area contributed by atoms with Crippen LogP contribution >= 0.6 is 58.0 Å². The van der Waals surface area contributed by atoms with E-state index in [4.69, 9.17) is 63.7 Å². The molecule has 18 heteroatoms. The minimum absolute atomic E-state index is 0. The van der Waals surface area contributed by atoms with Crippen molar-refractivity contribution in [2.75, 3.05) is 11.1 Å². The monoisotopic (exact) mass is 750 g/mol. The standard InChI is InChI=1S/C13H13Cl2N3O2S.C9H13NO2S.C4HCl3N2.Na.H/c1-8(2)21(19,20)11-6-4-3-5-10(11)17-12-9(14)7-16-13(15)18-12;1-7(2)13(11,12)9-6-4-3-5-8(9)10;5-2-1-8-4(7)9-3(2)6;;/h3-8H,1-2H3,(H,16,17,18);3-7H,10H2,1-2H3;1H;;/q;;;+1;-1. The molecule has 10 nitrogen and oxygen atoms in total. The van der Waals surface area contributed by atoms with Crippen LogP contribution in [0.1, 0.15) is 29.1 Å². The number of benzene rings is 2. The minimum atomic E-state index is -3.43. The van der Waals surface area contributed by atoms with E-state index in [9.17, 15) is 16.8 Å². The van der Waals surface area contributed by atoms with Gasteiger partial charge in [0.1, 0.15) is 5.02 Å². The second-order valence-corrected chi connectivity index (χ2v) is 15.8. The molecule has 234 valence electrons. The van der Waals surface area contributed by atoms with E-state index in [0.29, 0.717) is 16.4 Å². The summed E-state index contributed by atoms with van der Waals surface area (Å²) in [4.78, 5) is 15.2. The number of sulfone groups is 2. The number of hydrogen-bond acceptors (Lipinski definition) is 10. The van der Waals surface area contributed by atoms with Gasteiger partial charge in [-0.2, -0.15) is 4.98 Å². The molecule has 0 amide bonds. The summed E-state index contributed by atoms with van der Waals surface area (Å²) in [5.74, 6) is 0.253. The van der Waals surface area contributed by atoms with Crippen molar-refractivity contribution in [3.63, 3.8) is 0 Å². The van der Waals surface area contributed by atoms with E-state index >= 15 is 0 Å². The molecule has 2 aromatic carbocycles. The molecule has 0 aliphatic carbocycles. The summed E-state index contributed by atoms with van der Waals surface area (Å²) in [6.45, 7) is 6.53. The Morgan fingerprint density at radius 2 is 1.16 bits per heavy atom. The molecular weight excluding hydrogens is 725 g/mol. The van der Waals surface area contributed by atoms with Gasteiger partial charge in [0, 0.05) is 0 Å². The molecule has 0 unspecified atom stereocenters. The van der Waals surface area contributed by atoms with Crippen LogP contribution < -0.4 is 40.6 Å². The van der Waals surface area contributed by atoms with Crippen LogP contribution in [-0.2, 0) is 19.7 Å². The topological polar surface area (TPSA) is 158 Å². The third-order valence-corrected chi connectivity index (χ3v) is 11.0. The van der Waals surface area contributed by atoms with Crippen LogP contribution in [0.15, 0.2) is 70.7 Å². The summed E-state index contributed by atoms with van der Waals surface area (Å²) in [7, 11) is -6.67. The fraction of sp³-hybridized carbons (Fsp3) is 0.231. The molecule has 44 heavy (non-hydrogen) atoms. The third kappa shape index (κ3) is 11.4. The zero-order valence-electron chi connectivity index (χ0n) is 25.1. The smallest absolute Gasteiger partial charge is 1.00 e. The van der Waals surface area contributed by atoms with Gasteiger partial charge < -0.3 is 12.5 Å². The Balaban J connectivity index is 0.000000692. The van der Waals surface area contributed by atoms with Gasteiger partial charge in [-0.3, -0.25) is 0 Å². The largest absolute Gasteiger partial charge is 1.00 e. The second-order valence-electron chi connectivity index (χ2n) is 8.96. The zero-order valence-corrected chi connectivity index (χ0v) is 31.5. The van der Waals surface area contributed by atoms with Gasteiger partial charge in [0.25, 0.3) is 0 Å². The number of hydrogen-bond donors (Lipinski definition) is 2. The average Bonchev–Trinajstić information content (AvgIpc) is 2.94. The number of nitrogens with zero attached hydrogens (tertiary/aromatic N) is 4. The van der Waals surface area contributed by atoms with Gasteiger partial charge in [0.05, 0.1) is 49.1 Å². The Hall–Kier alpha value is -1.45. The van der Waals surface area contributed by atoms with E-state index in [1.807, 2.05) is 0 Å². The van der Waals surface area contributed by atoms with E-state index in [-0.39, 0.29) is 67.3 Å². The summed E-state index contributed by atoms with van der Waals surface area (Å²) >= 11 is 28.0. The molecule has 0 aliphatic heterocycles. The molecular formula is C26H28Cl5N6NaO4S2. The number of nitrogen functional groups attached to an aromatic ring is 1. The predicted molar refractivity (Wildman–Crippen MR) is 175 cm³/mol. The van der Waals surface area contributed by atoms with Crippen LogP contribution in [0.5, 0.6) is 0 Å². The van der Waals surface area contributed by atoms with Gasteiger partial charge in [-0.15, -0.1) is 0 Å². The third-order valence-electron chi connectivity index (χ3n) is 5.30. The van der Waals surface area contributed by atoms with Crippen molar-refractivity contribution < 1.29 is 47.8 Å². The van der Waals surface area contributed by atoms with E-state index in [1.165, 1.54) is 24.5 Å². The SMILES string of the molecule is CC(C)S(=O)(=O)c1ccccc1N.CC(C)S(=O)(=O)c1ccccc1Nc1nc(Cl)ncc1Cl.Clc1ncc(Cl)c(Cl)n1.[H-].[Na+]. The van der Waals surface area contributed by atoms with Gasteiger partial charge in [0.2, 0.25) is 10.6 Å². The van der Waals surface area contributed by atoms with Crippen molar-refractivity contribution in [2.24, 2.45) is 0 Å². The Morgan fingerprint density at radius 1 is 0.705 bits per heavy atom. The number of para-hydroxylation sites is 2. The van der Waals surface area contributed by atoms with Crippen molar-refractivity contribution in [2.45, 2.75) is 48.0 Å². The molecule has 0 saturated carbocycles. The summed E-state index contributed by atoms with van der Waals surface area (Å²) < 4.78 is 48.1. The number of aromatic nitrogens is 4. The van der Waals surface area contributed by atoms with Crippen molar-refractivity contribution in [1.29, 1.82) is 0 Å². The molecule has 2 aromatic heterocycles. The molecule has 3 N–H and O–H groups in total. The number of nitrogens with two attached hydrogens (primary N) is 1. The van der Waals surface area contributed by atoms with Crippen molar-refractivity contribution >= 4 is 94.9 Å². The summed E-state index contributed by atoms with van der Waals surface area (Å²) in [6.07, 6.45) is 2.69. The number of nitrogens with one attached hydrogen (secondary N) is 1. The molecule has 0 bridgehead atoms. The summed E-state index contributed by atoms with van der Waals surface area (Å²) in [5.41, 5.74) is 6.27. The molecule has 4 rings (SSSR count). The fourth-order valence-corrected chi connectivity index (χ4v) is 6.00. The van der Waals surface area contributed by atoms with Crippen molar-refractivity contribution in [3.05, 3.63) is 86.7 Å². The first kappa shape index (κ1) is 40.6. The number of halogens is 5. The van der Waals surface area contributed by atoms with Crippen LogP contribution in [0.4, 0.5) is 17.2 Å². The summed E-state index contributed by atoms with van der Waals surface area (Å²) in [5, 5.41) is 2.78. The molecule has 4 aromatic rings. The second kappa shape index (κ2) is 18.0. The molecule has 0 spiro atoms. The maximum absolute atomic E-state index is 12.4. The van der Waals surface area contributed by atoms with Crippen molar-refractivity contribution in [3.8, 4) is 0 Å². The number of anilines is 3. The van der Waals surface area contributed by atoms with Gasteiger partial charge >= 0.3 is 29.6 Å². The molecule has 0 atom stereocenters. The van der Waals surface area contributed by atoms with Crippen LogP contribution in [0.25, 0.3) is 0 Å². The van der Waals surface area contributed by atoms with E-state index in [0.717, 1.165) is 0 Å². The first-order valence-electron chi connectivity index (χ1n) is 12.2. The fourth-order valence-electron chi connectivity index (χ4n) is 2.95. The first-order valence-corrected chi connectivity index (χ1v) is 17.2.